The Bertz CT molecular complexity index is 898. The van der Waals surface area contributed by atoms with E-state index in [9.17, 15) is 9.59 Å². The average molecular weight is 367 g/mol. The quantitative estimate of drug-likeness (QED) is 0.550. The number of fused-ring (bicyclic) bond motifs is 1. The van der Waals surface area contributed by atoms with E-state index in [2.05, 4.69) is 20.5 Å². The Morgan fingerprint density at radius 3 is 3.04 bits per heavy atom. The number of carbonyl (C=O) groups excluding carboxylic acids is 1. The molecule has 0 spiro atoms. The summed E-state index contributed by atoms with van der Waals surface area (Å²) in [5.74, 6) is 0.330. The van der Waals surface area contributed by atoms with Gasteiger partial charge in [-0.15, -0.1) is 21.5 Å². The van der Waals surface area contributed by atoms with Crippen molar-refractivity contribution in [3.05, 3.63) is 33.7 Å². The molecule has 1 N–H and O–H groups in total. The van der Waals surface area contributed by atoms with Gasteiger partial charge in [0.05, 0.1) is 5.69 Å². The van der Waals surface area contributed by atoms with E-state index in [1.807, 2.05) is 19.2 Å². The smallest absolute Gasteiger partial charge is 0.258 e. The summed E-state index contributed by atoms with van der Waals surface area (Å²) >= 11 is 4.17. The minimum absolute atomic E-state index is 0.0875. The minimum atomic E-state index is -0.107. The number of anilines is 1. The summed E-state index contributed by atoms with van der Waals surface area (Å²) in [7, 11) is 0. The molecule has 0 radical (unpaired) electrons. The summed E-state index contributed by atoms with van der Waals surface area (Å²) in [5, 5.41) is 13.0. The third-order valence-corrected chi connectivity index (χ3v) is 5.62. The molecule has 10 heteroatoms. The number of carbonyl (C=O) groups is 1. The molecule has 0 aromatic carbocycles. The predicted molar refractivity (Wildman–Crippen MR) is 92.3 cm³/mol. The van der Waals surface area contributed by atoms with Gasteiger partial charge in [0.15, 0.2) is 9.30 Å². The highest BCUT2D eigenvalue weighted by Crippen LogP contribution is 2.28. The van der Waals surface area contributed by atoms with Crippen molar-refractivity contribution in [2.45, 2.75) is 23.9 Å². The van der Waals surface area contributed by atoms with Gasteiger partial charge in [-0.2, -0.15) is 0 Å². The van der Waals surface area contributed by atoms with Crippen molar-refractivity contribution in [1.29, 1.82) is 0 Å². The fourth-order valence-corrected chi connectivity index (χ4v) is 4.05. The van der Waals surface area contributed by atoms with Gasteiger partial charge >= 0.3 is 0 Å². The van der Waals surface area contributed by atoms with Crippen molar-refractivity contribution >= 4 is 50.4 Å². The Morgan fingerprint density at radius 2 is 2.26 bits per heavy atom. The number of thioether (sulfide) groups is 1. The molecule has 0 bridgehead atoms. The van der Waals surface area contributed by atoms with E-state index in [0.29, 0.717) is 21.5 Å². The lowest BCUT2D eigenvalue weighted by atomic mass is 10.2. The molecule has 0 aliphatic carbocycles. The third-order valence-electron chi connectivity index (χ3n) is 2.86. The minimum Gasteiger partial charge on any atom is -0.300 e. The molecule has 1 amide bonds. The summed E-state index contributed by atoms with van der Waals surface area (Å²) in [4.78, 5) is 28.6. The van der Waals surface area contributed by atoms with E-state index in [4.69, 9.17) is 0 Å². The maximum absolute atomic E-state index is 11.9. The Labute approximate surface area is 143 Å². The first-order chi connectivity index (χ1) is 11.0. The van der Waals surface area contributed by atoms with Crippen LogP contribution in [0.25, 0.3) is 4.96 Å². The van der Waals surface area contributed by atoms with Gasteiger partial charge in [0.2, 0.25) is 11.0 Å². The first-order valence-corrected chi connectivity index (χ1v) is 9.44. The summed E-state index contributed by atoms with van der Waals surface area (Å²) in [6.45, 7) is 3.63. The molecule has 0 fully saturated rings. The molecule has 0 saturated heterocycles. The van der Waals surface area contributed by atoms with Crippen LogP contribution in [0.15, 0.2) is 26.8 Å². The lowest BCUT2D eigenvalue weighted by Gasteiger charge is -2.02. The number of amides is 1. The topological polar surface area (TPSA) is 89.2 Å². The lowest BCUT2D eigenvalue weighted by molar-refractivity contribution is -0.118. The van der Waals surface area contributed by atoms with Crippen LogP contribution in [0.3, 0.4) is 0 Å². The average Bonchev–Trinajstić information content (AvgIpc) is 3.14. The van der Waals surface area contributed by atoms with Crippen molar-refractivity contribution in [2.75, 3.05) is 5.32 Å². The number of thiazole rings is 1. The molecular weight excluding hydrogens is 354 g/mol. The SMILES string of the molecule is CC(C)C(=O)Nc1nnc(SCc2cc(=O)n3ccsc3n2)s1. The van der Waals surface area contributed by atoms with E-state index in [0.717, 1.165) is 4.34 Å². The van der Waals surface area contributed by atoms with Crippen LogP contribution in [-0.2, 0) is 10.5 Å². The second kappa shape index (κ2) is 6.77. The molecule has 3 rings (SSSR count). The fourth-order valence-electron chi connectivity index (χ4n) is 1.67. The molecule has 3 aromatic rings. The summed E-state index contributed by atoms with van der Waals surface area (Å²) in [6, 6.07) is 1.52. The molecular formula is C13H13N5O2S3. The Hall–Kier alpha value is -1.78. The van der Waals surface area contributed by atoms with Crippen molar-refractivity contribution < 1.29 is 4.79 Å². The van der Waals surface area contributed by atoms with Crippen molar-refractivity contribution in [2.24, 2.45) is 5.92 Å². The van der Waals surface area contributed by atoms with Gasteiger partial charge in [-0.1, -0.05) is 36.9 Å². The third kappa shape index (κ3) is 3.77. The molecule has 0 unspecified atom stereocenters. The van der Waals surface area contributed by atoms with Crippen molar-refractivity contribution in [3.8, 4) is 0 Å². The first-order valence-electron chi connectivity index (χ1n) is 6.76. The van der Waals surface area contributed by atoms with E-state index >= 15 is 0 Å². The van der Waals surface area contributed by atoms with Crippen LogP contribution in [0.2, 0.25) is 0 Å². The van der Waals surface area contributed by atoms with Gasteiger partial charge in [-0.3, -0.25) is 14.0 Å². The Morgan fingerprint density at radius 1 is 1.43 bits per heavy atom. The molecule has 3 heterocycles. The van der Waals surface area contributed by atoms with Crippen LogP contribution in [0.5, 0.6) is 0 Å². The number of rotatable bonds is 5. The van der Waals surface area contributed by atoms with Gasteiger partial charge in [0.1, 0.15) is 0 Å². The predicted octanol–water partition coefficient (Wildman–Crippen LogP) is 2.49. The Kier molecular flexibility index (Phi) is 4.74. The van der Waals surface area contributed by atoms with Gasteiger partial charge < -0.3 is 5.32 Å². The maximum atomic E-state index is 11.9. The summed E-state index contributed by atoms with van der Waals surface area (Å²) < 4.78 is 2.24. The summed E-state index contributed by atoms with van der Waals surface area (Å²) in [6.07, 6.45) is 1.71. The first kappa shape index (κ1) is 16.1. The zero-order valence-electron chi connectivity index (χ0n) is 12.3. The monoisotopic (exact) mass is 367 g/mol. The van der Waals surface area contributed by atoms with Gasteiger partial charge in [0.25, 0.3) is 5.56 Å². The van der Waals surface area contributed by atoms with Gasteiger partial charge in [-0.05, 0) is 0 Å². The number of hydrogen-bond acceptors (Lipinski definition) is 8. The number of nitrogens with zero attached hydrogens (tertiary/aromatic N) is 4. The number of hydrogen-bond donors (Lipinski definition) is 1. The molecule has 0 aliphatic heterocycles. The molecule has 7 nitrogen and oxygen atoms in total. The lowest BCUT2D eigenvalue weighted by Crippen LogP contribution is -2.17. The molecule has 3 aromatic heterocycles. The van der Waals surface area contributed by atoms with Crippen molar-refractivity contribution in [3.63, 3.8) is 0 Å². The highest BCUT2D eigenvalue weighted by molar-refractivity contribution is 8.00. The van der Waals surface area contributed by atoms with Gasteiger partial charge in [-0.25, -0.2) is 4.98 Å². The fraction of sp³-hybridized carbons (Fsp3) is 0.308. The van der Waals surface area contributed by atoms with E-state index in [1.54, 1.807) is 6.20 Å². The molecule has 0 aliphatic rings. The molecule has 0 saturated carbocycles. The number of aromatic nitrogens is 4. The van der Waals surface area contributed by atoms with E-state index in [-0.39, 0.29) is 17.4 Å². The Balaban J connectivity index is 1.67. The van der Waals surface area contributed by atoms with Crippen LogP contribution in [0.1, 0.15) is 19.5 Å². The summed E-state index contributed by atoms with van der Waals surface area (Å²) in [5.41, 5.74) is 0.611. The second-order valence-corrected chi connectivity index (χ2v) is 8.02. The van der Waals surface area contributed by atoms with E-state index in [1.165, 1.54) is 44.9 Å². The molecule has 120 valence electrons. The van der Waals surface area contributed by atoms with Crippen LogP contribution >= 0.6 is 34.4 Å². The van der Waals surface area contributed by atoms with Crippen LogP contribution < -0.4 is 10.9 Å². The highest BCUT2D eigenvalue weighted by atomic mass is 32.2. The van der Waals surface area contributed by atoms with Crippen molar-refractivity contribution in [1.82, 2.24) is 19.6 Å². The normalized spacial score (nSPS) is 11.3. The largest absolute Gasteiger partial charge is 0.300 e. The second-order valence-electron chi connectivity index (χ2n) is 4.95. The van der Waals surface area contributed by atoms with Crippen LogP contribution in [-0.4, -0.2) is 25.5 Å². The molecule has 23 heavy (non-hydrogen) atoms. The van der Waals surface area contributed by atoms with E-state index < -0.39 is 0 Å². The molecule has 0 atom stereocenters. The standard InChI is InChI=1S/C13H13N5O2S3/c1-7(2)10(20)15-11-16-17-13(23-11)22-6-8-5-9(19)18-3-4-21-12(18)14-8/h3-5,7H,6H2,1-2H3,(H,15,16,20). The zero-order chi connectivity index (χ0) is 16.4. The maximum Gasteiger partial charge on any atom is 0.258 e. The zero-order valence-corrected chi connectivity index (χ0v) is 14.8. The highest BCUT2D eigenvalue weighted by Gasteiger charge is 2.12. The number of nitrogens with one attached hydrogen (secondary N) is 1. The van der Waals surface area contributed by atoms with Crippen LogP contribution in [0, 0.1) is 5.92 Å². The van der Waals surface area contributed by atoms with Gasteiger partial charge in [0, 0.05) is 29.3 Å². The van der Waals surface area contributed by atoms with Crippen LogP contribution in [0.4, 0.5) is 5.13 Å².